The van der Waals surface area contributed by atoms with Crippen molar-refractivity contribution in [2.45, 2.75) is 31.5 Å². The lowest BCUT2D eigenvalue weighted by Crippen LogP contribution is -2.43. The van der Waals surface area contributed by atoms with Gasteiger partial charge < -0.3 is 43.4 Å². The number of hydrogen-bond acceptors (Lipinski definition) is 11. The first kappa shape index (κ1) is 33.1. The van der Waals surface area contributed by atoms with Crippen molar-refractivity contribution in [3.05, 3.63) is 94.6 Å². The zero-order chi connectivity index (χ0) is 35.0. The summed E-state index contributed by atoms with van der Waals surface area (Å²) in [5.41, 5.74) is 1.55. The fourth-order valence-electron chi connectivity index (χ4n) is 6.09. The molecule has 0 saturated carbocycles. The molecule has 0 aliphatic carbocycles. The number of aromatic hydroxyl groups is 2. The molecule has 49 heavy (non-hydrogen) atoms. The normalized spacial score (nSPS) is 17.6. The molecule has 0 spiro atoms. The molecule has 2 unspecified atom stereocenters. The third-order valence-electron chi connectivity index (χ3n) is 8.48. The van der Waals surface area contributed by atoms with Crippen LogP contribution in [0.5, 0.6) is 51.7 Å². The summed E-state index contributed by atoms with van der Waals surface area (Å²) >= 11 is 0. The van der Waals surface area contributed by atoms with Gasteiger partial charge in [0.25, 0.3) is 0 Å². The fraction of sp³-hybridized carbons (Fsp3) is 0.263. The SMILES string of the molecule is COc1cc(O)c(C(=O)c2ccccc2)c(OC)c1.COc1cc2c(cc1OC)C1C(=O)c3c(O)cc4c(c3OC1CO2)C=CC(C)(C)O4. The molecule has 2 N–H and O–H groups in total. The second-order valence-electron chi connectivity index (χ2n) is 12.0. The highest BCUT2D eigenvalue weighted by atomic mass is 16.5. The van der Waals surface area contributed by atoms with E-state index in [9.17, 15) is 19.8 Å². The molecule has 0 amide bonds. The van der Waals surface area contributed by atoms with E-state index in [-0.39, 0.29) is 46.5 Å². The lowest BCUT2D eigenvalue weighted by atomic mass is 9.80. The Labute approximate surface area is 283 Å². The van der Waals surface area contributed by atoms with Gasteiger partial charge in [-0.3, -0.25) is 9.59 Å². The molecule has 4 aromatic rings. The van der Waals surface area contributed by atoms with Crippen LogP contribution < -0.4 is 33.2 Å². The summed E-state index contributed by atoms with van der Waals surface area (Å²) in [6.45, 7) is 4.02. The summed E-state index contributed by atoms with van der Waals surface area (Å²) in [7, 11) is 5.99. The maximum Gasteiger partial charge on any atom is 0.200 e. The molecule has 3 heterocycles. The minimum atomic E-state index is -0.630. The lowest BCUT2D eigenvalue weighted by Gasteiger charge is -2.39. The molecular formula is C38H36O11. The maximum atomic E-state index is 13.6. The van der Waals surface area contributed by atoms with Gasteiger partial charge in [0.05, 0.1) is 39.9 Å². The van der Waals surface area contributed by atoms with Crippen LogP contribution in [0.15, 0.2) is 66.7 Å². The van der Waals surface area contributed by atoms with Gasteiger partial charge in [0.2, 0.25) is 5.78 Å². The van der Waals surface area contributed by atoms with E-state index >= 15 is 0 Å². The van der Waals surface area contributed by atoms with E-state index in [2.05, 4.69) is 0 Å². The number of fused-ring (bicyclic) bond motifs is 6. The Morgan fingerprint density at radius 2 is 1.53 bits per heavy atom. The molecule has 4 aromatic carbocycles. The van der Waals surface area contributed by atoms with Crippen LogP contribution in [-0.2, 0) is 0 Å². The summed E-state index contributed by atoms with van der Waals surface area (Å²) in [6.07, 6.45) is 3.23. The Morgan fingerprint density at radius 1 is 0.837 bits per heavy atom. The number of ketones is 2. The predicted octanol–water partition coefficient (Wildman–Crippen LogP) is 6.35. The molecule has 2 atom stereocenters. The third-order valence-corrected chi connectivity index (χ3v) is 8.48. The number of benzene rings is 4. The summed E-state index contributed by atoms with van der Waals surface area (Å²) in [5, 5.41) is 20.7. The van der Waals surface area contributed by atoms with Crippen molar-refractivity contribution in [3.8, 4) is 51.7 Å². The largest absolute Gasteiger partial charge is 0.507 e. The molecule has 0 radical (unpaired) electrons. The fourth-order valence-corrected chi connectivity index (χ4v) is 6.09. The van der Waals surface area contributed by atoms with Crippen LogP contribution in [0, 0.1) is 0 Å². The van der Waals surface area contributed by atoms with E-state index in [0.29, 0.717) is 51.2 Å². The molecule has 0 bridgehead atoms. The van der Waals surface area contributed by atoms with Gasteiger partial charge >= 0.3 is 0 Å². The number of rotatable bonds is 6. The standard InChI is InChI=1S/C23H22O7.C15H14O4/c1-23(2)6-5-11-15(30-23)8-13(24)20-21(25)19-12-7-16(26-3)17(27-4)9-14(12)28-10-18(19)29-22(11)20;1-18-11-8-12(16)14(13(9-11)19-2)15(17)10-6-4-3-5-7-10/h5-9,18-19,24H,10H2,1-4H3;3-9,16H,1-2H3. The first-order valence-corrected chi connectivity index (χ1v) is 15.4. The molecule has 11 heteroatoms. The van der Waals surface area contributed by atoms with E-state index in [1.54, 1.807) is 49.6 Å². The zero-order valence-electron chi connectivity index (χ0n) is 27.9. The number of ether oxygens (including phenoxy) is 7. The van der Waals surface area contributed by atoms with Gasteiger partial charge in [-0.05, 0) is 32.1 Å². The van der Waals surface area contributed by atoms with Crippen LogP contribution in [0.25, 0.3) is 6.08 Å². The number of carbonyl (C=O) groups excluding carboxylic acids is 2. The molecular weight excluding hydrogens is 632 g/mol. The average molecular weight is 669 g/mol. The van der Waals surface area contributed by atoms with Gasteiger partial charge in [-0.15, -0.1) is 0 Å². The molecule has 0 fully saturated rings. The number of phenolic OH excluding ortho intramolecular Hbond substituents is 2. The Kier molecular flexibility index (Phi) is 8.77. The van der Waals surface area contributed by atoms with Crippen molar-refractivity contribution in [1.29, 1.82) is 0 Å². The Bertz CT molecular complexity index is 1960. The van der Waals surface area contributed by atoms with Crippen molar-refractivity contribution >= 4 is 17.6 Å². The Balaban J connectivity index is 0.000000189. The highest BCUT2D eigenvalue weighted by Gasteiger charge is 2.46. The zero-order valence-corrected chi connectivity index (χ0v) is 27.9. The summed E-state index contributed by atoms with van der Waals surface area (Å²) in [5.74, 6) is 1.60. The minimum Gasteiger partial charge on any atom is -0.507 e. The number of Topliss-reactive ketones (excluding diaryl/α,β-unsaturated/α-hetero) is 1. The van der Waals surface area contributed by atoms with Gasteiger partial charge in [0.15, 0.2) is 17.3 Å². The number of methoxy groups -OCH3 is 4. The summed E-state index contributed by atoms with van der Waals surface area (Å²) < 4.78 is 39.0. The van der Waals surface area contributed by atoms with Crippen molar-refractivity contribution < 1.29 is 53.0 Å². The van der Waals surface area contributed by atoms with Crippen LogP contribution in [-0.4, -0.2) is 68.5 Å². The van der Waals surface area contributed by atoms with Crippen LogP contribution in [0.1, 0.15) is 57.2 Å². The Hall–Kier alpha value is -5.84. The Morgan fingerprint density at radius 3 is 2.20 bits per heavy atom. The van der Waals surface area contributed by atoms with Gasteiger partial charge in [-0.25, -0.2) is 0 Å². The first-order valence-electron chi connectivity index (χ1n) is 15.4. The number of hydrogen-bond donors (Lipinski definition) is 2. The lowest BCUT2D eigenvalue weighted by molar-refractivity contribution is 0.0547. The van der Waals surface area contributed by atoms with Crippen molar-refractivity contribution in [1.82, 2.24) is 0 Å². The molecule has 0 aromatic heterocycles. The van der Waals surface area contributed by atoms with Gasteiger partial charge in [0, 0.05) is 35.4 Å². The topological polar surface area (TPSA) is 139 Å². The number of carbonyl (C=O) groups is 2. The maximum absolute atomic E-state index is 13.6. The van der Waals surface area contributed by atoms with Crippen LogP contribution in [0.4, 0.5) is 0 Å². The predicted molar refractivity (Wildman–Crippen MR) is 179 cm³/mol. The smallest absolute Gasteiger partial charge is 0.200 e. The van der Waals surface area contributed by atoms with E-state index in [0.717, 1.165) is 0 Å². The van der Waals surface area contributed by atoms with Crippen LogP contribution >= 0.6 is 0 Å². The highest BCUT2D eigenvalue weighted by Crippen LogP contribution is 2.52. The molecule has 11 nitrogen and oxygen atoms in total. The van der Waals surface area contributed by atoms with Crippen LogP contribution in [0.3, 0.4) is 0 Å². The second-order valence-corrected chi connectivity index (χ2v) is 12.0. The second kappa shape index (κ2) is 13.0. The number of phenols is 2. The van der Waals surface area contributed by atoms with E-state index in [1.165, 1.54) is 33.5 Å². The molecule has 0 saturated heterocycles. The van der Waals surface area contributed by atoms with E-state index in [4.69, 9.17) is 33.2 Å². The van der Waals surface area contributed by atoms with Gasteiger partial charge in [0.1, 0.15) is 69.7 Å². The average Bonchev–Trinajstić information content (AvgIpc) is 3.10. The molecule has 3 aliphatic heterocycles. The monoisotopic (exact) mass is 668 g/mol. The van der Waals surface area contributed by atoms with Gasteiger partial charge in [-0.2, -0.15) is 0 Å². The third kappa shape index (κ3) is 6.03. The van der Waals surface area contributed by atoms with Crippen molar-refractivity contribution in [2.24, 2.45) is 0 Å². The van der Waals surface area contributed by atoms with E-state index in [1.807, 2.05) is 32.1 Å². The molecule has 3 aliphatic rings. The van der Waals surface area contributed by atoms with Crippen LogP contribution in [0.2, 0.25) is 0 Å². The van der Waals surface area contributed by atoms with Gasteiger partial charge in [-0.1, -0.05) is 30.3 Å². The first-order chi connectivity index (χ1) is 23.5. The highest BCUT2D eigenvalue weighted by molar-refractivity contribution is 6.12. The minimum absolute atomic E-state index is 0.134. The molecule has 7 rings (SSSR count). The van der Waals surface area contributed by atoms with Crippen molar-refractivity contribution in [3.63, 3.8) is 0 Å². The van der Waals surface area contributed by atoms with Crippen molar-refractivity contribution in [2.75, 3.05) is 35.0 Å². The quantitative estimate of drug-likeness (QED) is 0.222. The molecule has 254 valence electrons. The summed E-state index contributed by atoms with van der Waals surface area (Å²) in [6, 6.07) is 16.6. The van der Waals surface area contributed by atoms with E-state index < -0.39 is 17.6 Å². The summed E-state index contributed by atoms with van der Waals surface area (Å²) in [4.78, 5) is 25.9.